The molecule has 0 unspecified atom stereocenters. The van der Waals surface area contributed by atoms with E-state index in [1.165, 1.54) is 0 Å². The Morgan fingerprint density at radius 3 is 2.42 bits per heavy atom. The van der Waals surface area contributed by atoms with Gasteiger partial charge in [-0.15, -0.1) is 0 Å². The standard InChI is InChI=1S/C14H21NO3S/c1-11-4-5-12(2)14(10-11)19(16,17)15-8-6-13(18-3)7-9-15/h4-5,10,13H,6-9H2,1-3H3. The molecule has 1 fully saturated rings. The molecule has 1 aliphatic heterocycles. The van der Waals surface area contributed by atoms with E-state index in [0.717, 1.165) is 24.0 Å². The summed E-state index contributed by atoms with van der Waals surface area (Å²) < 4.78 is 32.1. The van der Waals surface area contributed by atoms with Gasteiger partial charge in [-0.05, 0) is 43.9 Å². The lowest BCUT2D eigenvalue weighted by Crippen LogP contribution is -2.40. The van der Waals surface area contributed by atoms with Gasteiger partial charge in [-0.2, -0.15) is 4.31 Å². The molecule has 1 aliphatic rings. The summed E-state index contributed by atoms with van der Waals surface area (Å²) in [5.41, 5.74) is 1.77. The van der Waals surface area contributed by atoms with Gasteiger partial charge >= 0.3 is 0 Å². The molecule has 0 atom stereocenters. The highest BCUT2D eigenvalue weighted by Crippen LogP contribution is 2.24. The van der Waals surface area contributed by atoms with Crippen LogP contribution in [0.4, 0.5) is 0 Å². The van der Waals surface area contributed by atoms with Crippen LogP contribution in [0.2, 0.25) is 0 Å². The van der Waals surface area contributed by atoms with Crippen LogP contribution in [0, 0.1) is 13.8 Å². The van der Waals surface area contributed by atoms with Gasteiger partial charge in [0.25, 0.3) is 0 Å². The number of piperidine rings is 1. The Hall–Kier alpha value is -0.910. The summed E-state index contributed by atoms with van der Waals surface area (Å²) in [7, 11) is -1.69. The number of sulfonamides is 1. The maximum absolute atomic E-state index is 12.6. The topological polar surface area (TPSA) is 46.6 Å². The quantitative estimate of drug-likeness (QED) is 0.853. The first-order chi connectivity index (χ1) is 8.95. The van der Waals surface area contributed by atoms with Crippen molar-refractivity contribution in [3.8, 4) is 0 Å². The van der Waals surface area contributed by atoms with Gasteiger partial charge < -0.3 is 4.74 Å². The zero-order chi connectivity index (χ0) is 14.0. The molecule has 2 rings (SSSR count). The Kier molecular flexibility index (Phi) is 4.28. The lowest BCUT2D eigenvalue weighted by Gasteiger charge is -2.30. The molecule has 0 spiro atoms. The van der Waals surface area contributed by atoms with Crippen LogP contribution in [0.25, 0.3) is 0 Å². The van der Waals surface area contributed by atoms with Crippen molar-refractivity contribution in [3.63, 3.8) is 0 Å². The maximum Gasteiger partial charge on any atom is 0.243 e. The van der Waals surface area contributed by atoms with Gasteiger partial charge in [0.05, 0.1) is 11.0 Å². The molecule has 0 amide bonds. The Morgan fingerprint density at radius 1 is 1.21 bits per heavy atom. The van der Waals surface area contributed by atoms with Gasteiger partial charge in [-0.3, -0.25) is 0 Å². The normalized spacial score (nSPS) is 18.7. The molecule has 106 valence electrons. The van der Waals surface area contributed by atoms with Gasteiger partial charge in [0.15, 0.2) is 0 Å². The van der Waals surface area contributed by atoms with Crippen LogP contribution in [-0.4, -0.2) is 39.0 Å². The van der Waals surface area contributed by atoms with E-state index in [4.69, 9.17) is 4.74 Å². The number of aryl methyl sites for hydroxylation is 2. The number of hydrogen-bond donors (Lipinski definition) is 0. The molecule has 5 heteroatoms. The molecule has 1 saturated heterocycles. The lowest BCUT2D eigenvalue weighted by atomic mass is 10.1. The molecule has 0 aromatic heterocycles. The Balaban J connectivity index is 2.26. The highest BCUT2D eigenvalue weighted by atomic mass is 32.2. The Bertz CT molecular complexity index is 546. The van der Waals surface area contributed by atoms with Crippen LogP contribution in [-0.2, 0) is 14.8 Å². The number of nitrogens with zero attached hydrogens (tertiary/aromatic N) is 1. The summed E-state index contributed by atoms with van der Waals surface area (Å²) in [6, 6.07) is 5.56. The molecule has 4 nitrogen and oxygen atoms in total. The van der Waals surface area contributed by atoms with E-state index in [1.54, 1.807) is 17.5 Å². The first kappa shape index (κ1) is 14.5. The van der Waals surface area contributed by atoms with Crippen molar-refractivity contribution in [1.82, 2.24) is 4.31 Å². The van der Waals surface area contributed by atoms with E-state index in [1.807, 2.05) is 26.0 Å². The number of benzene rings is 1. The maximum atomic E-state index is 12.6. The summed E-state index contributed by atoms with van der Waals surface area (Å²) in [6.07, 6.45) is 1.71. The predicted octanol–water partition coefficient (Wildman–Crippen LogP) is 2.10. The van der Waals surface area contributed by atoms with Crippen LogP contribution >= 0.6 is 0 Å². The summed E-state index contributed by atoms with van der Waals surface area (Å²) in [4.78, 5) is 0.434. The zero-order valence-corrected chi connectivity index (χ0v) is 12.5. The van der Waals surface area contributed by atoms with E-state index < -0.39 is 10.0 Å². The summed E-state index contributed by atoms with van der Waals surface area (Å²) >= 11 is 0. The smallest absolute Gasteiger partial charge is 0.243 e. The second-order valence-corrected chi connectivity index (χ2v) is 7.01. The molecule has 1 aromatic rings. The predicted molar refractivity (Wildman–Crippen MR) is 74.7 cm³/mol. The third-order valence-electron chi connectivity index (χ3n) is 3.70. The van der Waals surface area contributed by atoms with Crippen molar-refractivity contribution in [3.05, 3.63) is 29.3 Å². The molecular formula is C14H21NO3S. The van der Waals surface area contributed by atoms with E-state index in [2.05, 4.69) is 0 Å². The second kappa shape index (κ2) is 5.61. The van der Waals surface area contributed by atoms with Gasteiger partial charge in [0.2, 0.25) is 10.0 Å². The molecule has 0 bridgehead atoms. The minimum atomic E-state index is -3.37. The number of rotatable bonds is 3. The van der Waals surface area contributed by atoms with Gasteiger partial charge in [0.1, 0.15) is 0 Å². The Labute approximate surface area is 115 Å². The van der Waals surface area contributed by atoms with E-state index in [0.29, 0.717) is 18.0 Å². The van der Waals surface area contributed by atoms with E-state index >= 15 is 0 Å². The van der Waals surface area contributed by atoms with E-state index in [-0.39, 0.29) is 6.10 Å². The largest absolute Gasteiger partial charge is 0.381 e. The number of ether oxygens (including phenoxy) is 1. The molecule has 0 radical (unpaired) electrons. The molecular weight excluding hydrogens is 262 g/mol. The van der Waals surface area contributed by atoms with Crippen molar-refractivity contribution in [2.24, 2.45) is 0 Å². The highest BCUT2D eigenvalue weighted by molar-refractivity contribution is 7.89. The third kappa shape index (κ3) is 2.99. The average molecular weight is 283 g/mol. The summed E-state index contributed by atoms with van der Waals surface area (Å²) in [5, 5.41) is 0. The highest BCUT2D eigenvalue weighted by Gasteiger charge is 2.30. The summed E-state index contributed by atoms with van der Waals surface area (Å²) in [5.74, 6) is 0. The first-order valence-corrected chi connectivity index (χ1v) is 7.99. The van der Waals surface area contributed by atoms with Gasteiger partial charge in [0, 0.05) is 20.2 Å². The molecule has 0 N–H and O–H groups in total. The van der Waals surface area contributed by atoms with Crippen molar-refractivity contribution >= 4 is 10.0 Å². The van der Waals surface area contributed by atoms with Crippen molar-refractivity contribution in [1.29, 1.82) is 0 Å². The van der Waals surface area contributed by atoms with Crippen LogP contribution in [0.3, 0.4) is 0 Å². The Morgan fingerprint density at radius 2 is 1.84 bits per heavy atom. The number of hydrogen-bond acceptors (Lipinski definition) is 3. The van der Waals surface area contributed by atoms with Crippen molar-refractivity contribution in [2.75, 3.05) is 20.2 Å². The molecule has 1 heterocycles. The van der Waals surface area contributed by atoms with Crippen LogP contribution in [0.5, 0.6) is 0 Å². The minimum Gasteiger partial charge on any atom is -0.381 e. The molecule has 0 saturated carbocycles. The minimum absolute atomic E-state index is 0.185. The van der Waals surface area contributed by atoms with Crippen LogP contribution in [0.15, 0.2) is 23.1 Å². The van der Waals surface area contributed by atoms with Gasteiger partial charge in [-0.25, -0.2) is 8.42 Å². The SMILES string of the molecule is COC1CCN(S(=O)(=O)c2cc(C)ccc2C)CC1. The third-order valence-corrected chi connectivity index (χ3v) is 5.74. The fraction of sp³-hybridized carbons (Fsp3) is 0.571. The fourth-order valence-electron chi connectivity index (χ4n) is 2.43. The monoisotopic (exact) mass is 283 g/mol. The fourth-order valence-corrected chi connectivity index (χ4v) is 4.21. The van der Waals surface area contributed by atoms with Crippen LogP contribution in [0.1, 0.15) is 24.0 Å². The molecule has 1 aromatic carbocycles. The van der Waals surface area contributed by atoms with E-state index in [9.17, 15) is 8.42 Å². The lowest BCUT2D eigenvalue weighted by molar-refractivity contribution is 0.0604. The van der Waals surface area contributed by atoms with Gasteiger partial charge in [-0.1, -0.05) is 12.1 Å². The second-order valence-electron chi connectivity index (χ2n) is 5.11. The summed E-state index contributed by atoms with van der Waals surface area (Å²) in [6.45, 7) is 4.83. The molecule has 0 aliphatic carbocycles. The van der Waals surface area contributed by atoms with Crippen LogP contribution < -0.4 is 0 Å². The first-order valence-electron chi connectivity index (χ1n) is 6.55. The average Bonchev–Trinajstić information content (AvgIpc) is 2.41. The van der Waals surface area contributed by atoms with Crippen molar-refractivity contribution in [2.45, 2.75) is 37.7 Å². The van der Waals surface area contributed by atoms with Crippen molar-refractivity contribution < 1.29 is 13.2 Å². The number of methoxy groups -OCH3 is 1. The zero-order valence-electron chi connectivity index (χ0n) is 11.7. The molecule has 19 heavy (non-hydrogen) atoms.